The van der Waals surface area contributed by atoms with Crippen LogP contribution in [0.1, 0.15) is 64.7 Å². The molecular formula is C26H40FN7O. The van der Waals surface area contributed by atoms with Crippen LogP contribution in [-0.2, 0) is 0 Å². The number of rotatable bonds is 11. The third-order valence-corrected chi connectivity index (χ3v) is 7.25. The standard InChI is InChI=1S/C26H40FN7O/c1-3-34-16-8-11-21(34)18-29-25-31-24(28-15-14-19-9-6-4-5-7-10-19)32-26(33-25)30-20-12-13-23(35-2)22(27)17-20/h12-13,17,19,21H,3-11,14-16,18H2,1-2H3,(H3,28,29,30,31,32,33). The van der Waals surface area contributed by atoms with Gasteiger partial charge in [0, 0.05) is 30.9 Å². The maximum Gasteiger partial charge on any atom is 0.233 e. The van der Waals surface area contributed by atoms with Gasteiger partial charge < -0.3 is 20.7 Å². The van der Waals surface area contributed by atoms with Crippen molar-refractivity contribution in [2.45, 2.75) is 70.8 Å². The monoisotopic (exact) mass is 485 g/mol. The molecule has 2 fully saturated rings. The van der Waals surface area contributed by atoms with Crippen LogP contribution in [0.2, 0.25) is 0 Å². The summed E-state index contributed by atoms with van der Waals surface area (Å²) in [5.41, 5.74) is 0.554. The molecule has 2 heterocycles. The summed E-state index contributed by atoms with van der Waals surface area (Å²) in [7, 11) is 1.45. The van der Waals surface area contributed by atoms with Gasteiger partial charge in [-0.2, -0.15) is 15.0 Å². The first-order valence-electron chi connectivity index (χ1n) is 13.2. The number of likely N-dealkylation sites (N-methyl/N-ethyl adjacent to an activating group) is 1. The third kappa shape index (κ3) is 7.40. The average molecular weight is 486 g/mol. The number of methoxy groups -OCH3 is 1. The van der Waals surface area contributed by atoms with Gasteiger partial charge in [-0.05, 0) is 50.4 Å². The zero-order valence-electron chi connectivity index (χ0n) is 21.2. The molecule has 35 heavy (non-hydrogen) atoms. The van der Waals surface area contributed by atoms with E-state index >= 15 is 0 Å². The molecule has 192 valence electrons. The molecule has 8 nitrogen and oxygen atoms in total. The number of nitrogens with one attached hydrogen (secondary N) is 3. The van der Waals surface area contributed by atoms with Crippen molar-refractivity contribution in [2.24, 2.45) is 5.92 Å². The number of anilines is 4. The first kappa shape index (κ1) is 25.4. The van der Waals surface area contributed by atoms with Gasteiger partial charge in [0.15, 0.2) is 11.6 Å². The molecule has 0 spiro atoms. The molecule has 0 amide bonds. The van der Waals surface area contributed by atoms with Crippen molar-refractivity contribution in [2.75, 3.05) is 49.2 Å². The first-order chi connectivity index (χ1) is 17.1. The van der Waals surface area contributed by atoms with Crippen molar-refractivity contribution >= 4 is 23.5 Å². The summed E-state index contributed by atoms with van der Waals surface area (Å²) in [6, 6.07) is 5.20. The Labute approximate surface area is 208 Å². The zero-order chi connectivity index (χ0) is 24.5. The van der Waals surface area contributed by atoms with Gasteiger partial charge in [-0.15, -0.1) is 0 Å². The van der Waals surface area contributed by atoms with Crippen molar-refractivity contribution in [3.8, 4) is 5.75 Å². The third-order valence-electron chi connectivity index (χ3n) is 7.25. The van der Waals surface area contributed by atoms with E-state index in [4.69, 9.17) is 4.74 Å². The maximum atomic E-state index is 14.2. The summed E-state index contributed by atoms with van der Waals surface area (Å²) < 4.78 is 19.2. The predicted molar refractivity (Wildman–Crippen MR) is 139 cm³/mol. The van der Waals surface area contributed by atoms with Crippen LogP contribution in [-0.4, -0.2) is 59.2 Å². The highest BCUT2D eigenvalue weighted by Gasteiger charge is 2.23. The predicted octanol–water partition coefficient (Wildman–Crippen LogP) is 5.43. The molecule has 0 radical (unpaired) electrons. The number of hydrogen-bond acceptors (Lipinski definition) is 8. The molecule has 0 bridgehead atoms. The van der Waals surface area contributed by atoms with Gasteiger partial charge in [0.1, 0.15) is 0 Å². The molecule has 1 aliphatic heterocycles. The lowest BCUT2D eigenvalue weighted by atomic mass is 9.97. The summed E-state index contributed by atoms with van der Waals surface area (Å²) in [5.74, 6) is 1.97. The number of benzene rings is 1. The fraction of sp³-hybridized carbons (Fsp3) is 0.654. The molecular weight excluding hydrogens is 445 g/mol. The molecule has 1 saturated carbocycles. The second kappa shape index (κ2) is 12.9. The molecule has 1 unspecified atom stereocenters. The Balaban J connectivity index is 1.44. The lowest BCUT2D eigenvalue weighted by Crippen LogP contribution is -2.35. The fourth-order valence-corrected chi connectivity index (χ4v) is 5.26. The summed E-state index contributed by atoms with van der Waals surface area (Å²) in [6.07, 6.45) is 11.6. The van der Waals surface area contributed by atoms with Gasteiger partial charge in [0.2, 0.25) is 17.8 Å². The quantitative estimate of drug-likeness (QED) is 0.363. The number of halogens is 1. The van der Waals surface area contributed by atoms with Crippen LogP contribution in [0.3, 0.4) is 0 Å². The average Bonchev–Trinajstić information content (AvgIpc) is 3.16. The van der Waals surface area contributed by atoms with Gasteiger partial charge in [-0.1, -0.05) is 45.4 Å². The topological polar surface area (TPSA) is 87.2 Å². The smallest absolute Gasteiger partial charge is 0.233 e. The summed E-state index contributed by atoms with van der Waals surface area (Å²) in [6.45, 7) is 6.01. The minimum atomic E-state index is -0.437. The first-order valence-corrected chi connectivity index (χ1v) is 13.2. The largest absolute Gasteiger partial charge is 0.494 e. The van der Waals surface area contributed by atoms with E-state index in [2.05, 4.69) is 42.7 Å². The molecule has 2 aliphatic rings. The van der Waals surface area contributed by atoms with Gasteiger partial charge >= 0.3 is 0 Å². The second-order valence-corrected chi connectivity index (χ2v) is 9.66. The van der Waals surface area contributed by atoms with Crippen LogP contribution in [0.5, 0.6) is 5.75 Å². The number of hydrogen-bond donors (Lipinski definition) is 3. The number of ether oxygens (including phenoxy) is 1. The van der Waals surface area contributed by atoms with Crippen molar-refractivity contribution in [3.63, 3.8) is 0 Å². The summed E-state index contributed by atoms with van der Waals surface area (Å²) in [4.78, 5) is 16.3. The zero-order valence-corrected chi connectivity index (χ0v) is 21.2. The number of likely N-dealkylation sites (tertiary alicyclic amines) is 1. The van der Waals surface area contributed by atoms with E-state index in [0.717, 1.165) is 38.5 Å². The van der Waals surface area contributed by atoms with Crippen LogP contribution >= 0.6 is 0 Å². The molecule has 4 rings (SSSR count). The maximum absolute atomic E-state index is 14.2. The van der Waals surface area contributed by atoms with E-state index in [9.17, 15) is 4.39 Å². The van der Waals surface area contributed by atoms with Crippen LogP contribution in [0, 0.1) is 11.7 Å². The highest BCUT2D eigenvalue weighted by molar-refractivity contribution is 5.57. The molecule has 1 aromatic carbocycles. The lowest BCUT2D eigenvalue weighted by molar-refractivity contribution is 0.277. The molecule has 9 heteroatoms. The van der Waals surface area contributed by atoms with Crippen molar-refractivity contribution < 1.29 is 9.13 Å². The molecule has 1 aromatic heterocycles. The second-order valence-electron chi connectivity index (χ2n) is 9.66. The molecule has 1 saturated heterocycles. The van der Waals surface area contributed by atoms with E-state index in [1.165, 1.54) is 64.5 Å². The molecule has 1 atom stereocenters. The Kier molecular flexibility index (Phi) is 9.34. The van der Waals surface area contributed by atoms with Crippen LogP contribution in [0.15, 0.2) is 18.2 Å². The van der Waals surface area contributed by atoms with Crippen LogP contribution in [0.25, 0.3) is 0 Å². The van der Waals surface area contributed by atoms with Crippen LogP contribution < -0.4 is 20.7 Å². The van der Waals surface area contributed by atoms with E-state index < -0.39 is 5.82 Å². The van der Waals surface area contributed by atoms with Crippen molar-refractivity contribution in [1.82, 2.24) is 19.9 Å². The van der Waals surface area contributed by atoms with Gasteiger partial charge in [-0.25, -0.2) is 4.39 Å². The molecule has 3 N–H and O–H groups in total. The summed E-state index contributed by atoms with van der Waals surface area (Å²) >= 11 is 0. The minimum absolute atomic E-state index is 0.200. The highest BCUT2D eigenvalue weighted by atomic mass is 19.1. The number of nitrogens with zero attached hydrogens (tertiary/aromatic N) is 4. The fourth-order valence-electron chi connectivity index (χ4n) is 5.26. The van der Waals surface area contributed by atoms with Gasteiger partial charge in [-0.3, -0.25) is 4.90 Å². The Bertz CT molecular complexity index is 936. The van der Waals surface area contributed by atoms with E-state index in [-0.39, 0.29) is 5.75 Å². The molecule has 2 aromatic rings. The lowest BCUT2D eigenvalue weighted by Gasteiger charge is -2.23. The Hall–Kier alpha value is -2.68. The normalized spacial score (nSPS) is 19.3. The van der Waals surface area contributed by atoms with E-state index in [1.807, 2.05) is 0 Å². The highest BCUT2D eigenvalue weighted by Crippen LogP contribution is 2.26. The Morgan fingerprint density at radius 3 is 2.43 bits per heavy atom. The number of aromatic nitrogens is 3. The van der Waals surface area contributed by atoms with E-state index in [0.29, 0.717) is 29.6 Å². The van der Waals surface area contributed by atoms with E-state index in [1.54, 1.807) is 12.1 Å². The van der Waals surface area contributed by atoms with Crippen LogP contribution in [0.4, 0.5) is 27.9 Å². The Morgan fingerprint density at radius 1 is 0.971 bits per heavy atom. The summed E-state index contributed by atoms with van der Waals surface area (Å²) in [5, 5.41) is 9.95. The van der Waals surface area contributed by atoms with Gasteiger partial charge in [0.25, 0.3) is 0 Å². The molecule has 1 aliphatic carbocycles. The van der Waals surface area contributed by atoms with Gasteiger partial charge in [0.05, 0.1) is 7.11 Å². The Morgan fingerprint density at radius 2 is 1.71 bits per heavy atom. The van der Waals surface area contributed by atoms with Crippen molar-refractivity contribution in [3.05, 3.63) is 24.0 Å². The minimum Gasteiger partial charge on any atom is -0.494 e. The SMILES string of the molecule is CCN1CCCC1CNc1nc(NCCC2CCCCCC2)nc(Nc2ccc(OC)c(F)c2)n1. The van der Waals surface area contributed by atoms with Crippen molar-refractivity contribution in [1.29, 1.82) is 0 Å².